The van der Waals surface area contributed by atoms with Crippen molar-refractivity contribution >= 4 is 17.6 Å². The summed E-state index contributed by atoms with van der Waals surface area (Å²) in [5.74, 6) is -0.798. The molecule has 6 nitrogen and oxygen atoms in total. The Hall–Kier alpha value is -1.80. The largest absolute Gasteiger partial charge is 0.405 e. The Bertz CT molecular complexity index is 348. The summed E-state index contributed by atoms with van der Waals surface area (Å²) >= 11 is 0. The highest BCUT2D eigenvalue weighted by Crippen LogP contribution is 2.12. The molecule has 0 saturated carbocycles. The normalized spacial score (nSPS) is 16.6. The molecule has 16 heavy (non-hydrogen) atoms. The number of rotatable bonds is 2. The quantitative estimate of drug-likeness (QED) is 0.665. The zero-order valence-corrected chi connectivity index (χ0v) is 8.38. The molecule has 1 aliphatic rings. The third kappa shape index (κ3) is 3.41. The standard InChI is InChI=1S/C7H10F3N5O/c1-15-2-4(13-14-6(15)11)5(16)12-3-7(8,9)10/h2-3H2,1H3,(H2,11,14)(H,12,16). The first kappa shape index (κ1) is 12.3. The van der Waals surface area contributed by atoms with Gasteiger partial charge in [0.2, 0.25) is 5.96 Å². The van der Waals surface area contributed by atoms with E-state index in [2.05, 4.69) is 10.2 Å². The van der Waals surface area contributed by atoms with Gasteiger partial charge in [0.1, 0.15) is 12.3 Å². The number of nitrogens with one attached hydrogen (secondary N) is 1. The first-order valence-electron chi connectivity index (χ1n) is 4.25. The monoisotopic (exact) mass is 237 g/mol. The molecule has 0 aromatic rings. The summed E-state index contributed by atoms with van der Waals surface area (Å²) in [5.41, 5.74) is 5.23. The SMILES string of the molecule is CN1CC(C(=O)NCC(F)(F)F)=NN=C1N. The summed E-state index contributed by atoms with van der Waals surface area (Å²) in [6.07, 6.45) is -4.45. The topological polar surface area (TPSA) is 83.1 Å². The van der Waals surface area contributed by atoms with Crippen molar-refractivity contribution < 1.29 is 18.0 Å². The van der Waals surface area contributed by atoms with Crippen molar-refractivity contribution in [3.05, 3.63) is 0 Å². The molecule has 1 heterocycles. The summed E-state index contributed by atoms with van der Waals surface area (Å²) < 4.78 is 35.4. The lowest BCUT2D eigenvalue weighted by Crippen LogP contribution is -2.46. The number of hydrogen-bond acceptors (Lipinski definition) is 5. The van der Waals surface area contributed by atoms with Gasteiger partial charge < -0.3 is 16.0 Å². The van der Waals surface area contributed by atoms with E-state index in [-0.39, 0.29) is 18.2 Å². The first-order chi connectivity index (χ1) is 7.29. The Kier molecular flexibility index (Phi) is 3.35. The van der Waals surface area contributed by atoms with Crippen LogP contribution in [-0.4, -0.2) is 48.8 Å². The van der Waals surface area contributed by atoms with E-state index in [0.717, 1.165) is 0 Å². The lowest BCUT2D eigenvalue weighted by molar-refractivity contribution is -0.134. The number of guanidine groups is 1. The second-order valence-electron chi connectivity index (χ2n) is 3.16. The molecule has 9 heteroatoms. The van der Waals surface area contributed by atoms with E-state index >= 15 is 0 Å². The van der Waals surface area contributed by atoms with Crippen LogP contribution in [0, 0.1) is 0 Å². The predicted molar refractivity (Wildman–Crippen MR) is 50.8 cm³/mol. The summed E-state index contributed by atoms with van der Waals surface area (Å²) in [6.45, 7) is -1.37. The highest BCUT2D eigenvalue weighted by molar-refractivity contribution is 6.40. The molecule has 0 unspecified atom stereocenters. The number of nitrogens with zero attached hydrogens (tertiary/aromatic N) is 3. The Morgan fingerprint density at radius 3 is 2.69 bits per heavy atom. The van der Waals surface area contributed by atoms with Gasteiger partial charge in [0.05, 0.1) is 6.54 Å². The molecule has 0 radical (unpaired) electrons. The fourth-order valence-electron chi connectivity index (χ4n) is 0.925. The van der Waals surface area contributed by atoms with Gasteiger partial charge >= 0.3 is 6.18 Å². The van der Waals surface area contributed by atoms with Gasteiger partial charge in [-0.15, -0.1) is 10.2 Å². The van der Waals surface area contributed by atoms with Gasteiger partial charge in [-0.3, -0.25) is 4.79 Å². The van der Waals surface area contributed by atoms with Gasteiger partial charge in [-0.05, 0) is 0 Å². The van der Waals surface area contributed by atoms with Gasteiger partial charge in [0.15, 0.2) is 0 Å². The fraction of sp³-hybridized carbons (Fsp3) is 0.571. The minimum absolute atomic E-state index is 0.0268. The van der Waals surface area contributed by atoms with Crippen LogP contribution in [0.4, 0.5) is 13.2 Å². The molecule has 0 bridgehead atoms. The van der Waals surface area contributed by atoms with Crippen LogP contribution in [0.3, 0.4) is 0 Å². The molecule has 0 spiro atoms. The number of hydrogen-bond donors (Lipinski definition) is 2. The molecule has 0 atom stereocenters. The molecule has 1 amide bonds. The van der Waals surface area contributed by atoms with E-state index in [1.807, 2.05) is 0 Å². The van der Waals surface area contributed by atoms with Gasteiger partial charge in [-0.25, -0.2) is 0 Å². The van der Waals surface area contributed by atoms with E-state index < -0.39 is 18.6 Å². The number of carbonyl (C=O) groups excluding carboxylic acids is 1. The van der Waals surface area contributed by atoms with Gasteiger partial charge in [0.25, 0.3) is 5.91 Å². The molecular weight excluding hydrogens is 227 g/mol. The Morgan fingerprint density at radius 1 is 1.56 bits per heavy atom. The third-order valence-corrected chi connectivity index (χ3v) is 1.76. The van der Waals surface area contributed by atoms with Crippen molar-refractivity contribution in [3.8, 4) is 0 Å². The van der Waals surface area contributed by atoms with Gasteiger partial charge in [0, 0.05) is 7.05 Å². The Morgan fingerprint density at radius 2 is 2.19 bits per heavy atom. The lowest BCUT2D eigenvalue weighted by atomic mass is 10.3. The van der Waals surface area contributed by atoms with Crippen LogP contribution in [0.2, 0.25) is 0 Å². The van der Waals surface area contributed by atoms with E-state index in [9.17, 15) is 18.0 Å². The fourth-order valence-corrected chi connectivity index (χ4v) is 0.925. The van der Waals surface area contributed by atoms with Gasteiger partial charge in [-0.2, -0.15) is 13.2 Å². The minimum atomic E-state index is -4.45. The molecule has 1 rings (SSSR count). The van der Waals surface area contributed by atoms with Crippen LogP contribution in [0.15, 0.2) is 10.2 Å². The average Bonchev–Trinajstić information content (AvgIpc) is 2.17. The van der Waals surface area contributed by atoms with E-state index in [1.54, 1.807) is 12.4 Å². The molecular formula is C7H10F3N5O. The van der Waals surface area contributed by atoms with Crippen molar-refractivity contribution in [2.24, 2.45) is 15.9 Å². The number of nitrogens with two attached hydrogens (primary N) is 1. The van der Waals surface area contributed by atoms with Crippen molar-refractivity contribution in [1.29, 1.82) is 0 Å². The maximum absolute atomic E-state index is 11.8. The van der Waals surface area contributed by atoms with Crippen molar-refractivity contribution in [3.63, 3.8) is 0 Å². The summed E-state index contributed by atoms with van der Waals surface area (Å²) in [7, 11) is 1.55. The Balaban J connectivity index is 2.56. The second-order valence-corrected chi connectivity index (χ2v) is 3.16. The van der Waals surface area contributed by atoms with Crippen molar-refractivity contribution in [2.45, 2.75) is 6.18 Å². The van der Waals surface area contributed by atoms with Crippen LogP contribution >= 0.6 is 0 Å². The first-order valence-corrected chi connectivity index (χ1v) is 4.25. The highest BCUT2D eigenvalue weighted by Gasteiger charge is 2.29. The predicted octanol–water partition coefficient (Wildman–Crippen LogP) is -0.719. The van der Waals surface area contributed by atoms with Crippen molar-refractivity contribution in [2.75, 3.05) is 20.1 Å². The number of halogens is 3. The zero-order chi connectivity index (χ0) is 12.3. The van der Waals surface area contributed by atoms with Crippen LogP contribution < -0.4 is 11.1 Å². The molecule has 0 aromatic carbocycles. The lowest BCUT2D eigenvalue weighted by Gasteiger charge is -2.20. The molecule has 0 aliphatic carbocycles. The number of amides is 1. The minimum Gasteiger partial charge on any atom is -0.368 e. The zero-order valence-electron chi connectivity index (χ0n) is 8.38. The third-order valence-electron chi connectivity index (χ3n) is 1.76. The van der Waals surface area contributed by atoms with Crippen LogP contribution in [0.5, 0.6) is 0 Å². The highest BCUT2D eigenvalue weighted by atomic mass is 19.4. The second kappa shape index (κ2) is 4.37. The molecule has 0 saturated heterocycles. The van der Waals surface area contributed by atoms with Crippen LogP contribution in [0.1, 0.15) is 0 Å². The average molecular weight is 237 g/mol. The van der Waals surface area contributed by atoms with Crippen LogP contribution in [0.25, 0.3) is 0 Å². The van der Waals surface area contributed by atoms with Gasteiger partial charge in [-0.1, -0.05) is 0 Å². The van der Waals surface area contributed by atoms with E-state index in [0.29, 0.717) is 0 Å². The molecule has 1 aliphatic heterocycles. The maximum Gasteiger partial charge on any atom is 0.405 e. The van der Waals surface area contributed by atoms with E-state index in [4.69, 9.17) is 5.73 Å². The van der Waals surface area contributed by atoms with Crippen LogP contribution in [-0.2, 0) is 4.79 Å². The molecule has 3 N–H and O–H groups in total. The Labute approximate surface area is 89.0 Å². The van der Waals surface area contributed by atoms with Crippen molar-refractivity contribution in [1.82, 2.24) is 10.2 Å². The summed E-state index contributed by atoms with van der Waals surface area (Å²) in [6, 6.07) is 0. The smallest absolute Gasteiger partial charge is 0.368 e. The maximum atomic E-state index is 11.8. The number of carbonyl (C=O) groups is 1. The molecule has 90 valence electrons. The summed E-state index contributed by atoms with van der Waals surface area (Å²) in [5, 5.41) is 8.54. The molecule has 0 fully saturated rings. The van der Waals surface area contributed by atoms with E-state index in [1.165, 1.54) is 4.90 Å². The number of alkyl halides is 3. The summed E-state index contributed by atoms with van der Waals surface area (Å²) in [4.78, 5) is 12.6. The molecule has 0 aromatic heterocycles.